The van der Waals surface area contributed by atoms with Crippen LogP contribution in [0.2, 0.25) is 5.02 Å². The third-order valence-corrected chi connectivity index (χ3v) is 4.86. The number of methoxy groups -OCH3 is 1. The van der Waals surface area contributed by atoms with Crippen molar-refractivity contribution in [1.29, 1.82) is 0 Å². The summed E-state index contributed by atoms with van der Waals surface area (Å²) in [6.07, 6.45) is 0.797. The van der Waals surface area contributed by atoms with Crippen molar-refractivity contribution >= 4 is 40.1 Å². The smallest absolute Gasteiger partial charge is 0.342 e. The molecule has 3 N–H and O–H groups in total. The first-order chi connectivity index (χ1) is 13.7. The summed E-state index contributed by atoms with van der Waals surface area (Å²) >= 11 is 5.91. The van der Waals surface area contributed by atoms with Crippen LogP contribution >= 0.6 is 24.0 Å². The molecule has 0 unspecified atom stereocenters. The highest BCUT2D eigenvalue weighted by Gasteiger charge is 2.23. The number of hydrogen-bond acceptors (Lipinski definition) is 7. The van der Waals surface area contributed by atoms with E-state index in [4.69, 9.17) is 35.9 Å². The molecule has 0 aliphatic carbocycles. The SMILES string of the molecule is CCCONC(N)=NOc1cc(C)cc(OS(=O)(=O)c2cc(Cl)ccc2OC)c1.Cl. The summed E-state index contributed by atoms with van der Waals surface area (Å²) in [7, 11) is -2.87. The Hall–Kier alpha value is -2.40. The molecular weight excluding hydrogens is 457 g/mol. The zero-order valence-corrected chi connectivity index (χ0v) is 18.9. The molecule has 0 amide bonds. The third-order valence-electron chi connectivity index (χ3n) is 3.36. The second-order valence-corrected chi connectivity index (χ2v) is 7.78. The highest BCUT2D eigenvalue weighted by atomic mass is 35.5. The van der Waals surface area contributed by atoms with Crippen molar-refractivity contribution < 1.29 is 27.0 Å². The monoisotopic (exact) mass is 479 g/mol. The molecule has 0 fully saturated rings. The Kier molecular flexibility index (Phi) is 10.00. The molecule has 9 nitrogen and oxygen atoms in total. The van der Waals surface area contributed by atoms with Crippen molar-refractivity contribution in [2.45, 2.75) is 25.2 Å². The lowest BCUT2D eigenvalue weighted by molar-refractivity contribution is 0.0824. The average Bonchev–Trinajstić information content (AvgIpc) is 2.66. The molecule has 2 aromatic rings. The van der Waals surface area contributed by atoms with Gasteiger partial charge in [0.1, 0.15) is 16.4 Å². The molecule has 0 bridgehead atoms. The van der Waals surface area contributed by atoms with Gasteiger partial charge in [-0.3, -0.25) is 4.84 Å². The number of oxime groups is 1. The lowest BCUT2D eigenvalue weighted by atomic mass is 10.2. The zero-order chi connectivity index (χ0) is 21.4. The van der Waals surface area contributed by atoms with E-state index >= 15 is 0 Å². The maximum absolute atomic E-state index is 12.7. The number of benzene rings is 2. The van der Waals surface area contributed by atoms with Crippen LogP contribution in [0.4, 0.5) is 0 Å². The van der Waals surface area contributed by atoms with Gasteiger partial charge in [0.25, 0.3) is 5.96 Å². The van der Waals surface area contributed by atoms with Crippen LogP contribution in [-0.2, 0) is 15.0 Å². The molecule has 2 rings (SSSR count). The van der Waals surface area contributed by atoms with Crippen molar-refractivity contribution in [2.24, 2.45) is 10.9 Å². The second kappa shape index (κ2) is 11.7. The number of hydroxylamine groups is 1. The molecule has 0 aliphatic rings. The molecule has 166 valence electrons. The first kappa shape index (κ1) is 25.6. The van der Waals surface area contributed by atoms with Crippen LogP contribution in [0.5, 0.6) is 17.2 Å². The Balaban J connectivity index is 0.00000450. The van der Waals surface area contributed by atoms with Crippen molar-refractivity contribution in [3.05, 3.63) is 47.0 Å². The van der Waals surface area contributed by atoms with E-state index < -0.39 is 10.1 Å². The van der Waals surface area contributed by atoms with E-state index in [1.165, 1.54) is 37.4 Å². The molecule has 0 radical (unpaired) electrons. The van der Waals surface area contributed by atoms with E-state index in [0.717, 1.165) is 6.42 Å². The van der Waals surface area contributed by atoms with Crippen LogP contribution in [0.15, 0.2) is 46.4 Å². The molecule has 0 atom stereocenters. The Labute approximate surface area is 186 Å². The summed E-state index contributed by atoms with van der Waals surface area (Å²) in [6, 6.07) is 8.70. The number of guanidine groups is 1. The van der Waals surface area contributed by atoms with E-state index in [-0.39, 0.29) is 45.5 Å². The number of nitrogens with zero attached hydrogens (tertiary/aromatic N) is 1. The van der Waals surface area contributed by atoms with Crippen LogP contribution in [0.1, 0.15) is 18.9 Å². The van der Waals surface area contributed by atoms with Gasteiger partial charge in [-0.25, -0.2) is 5.48 Å². The second-order valence-electron chi connectivity index (χ2n) is 5.83. The maximum Gasteiger partial charge on any atom is 0.342 e. The molecule has 30 heavy (non-hydrogen) atoms. The van der Waals surface area contributed by atoms with Crippen LogP contribution < -0.4 is 25.0 Å². The number of halogens is 2. The minimum Gasteiger partial charge on any atom is -0.495 e. The summed E-state index contributed by atoms with van der Waals surface area (Å²) in [5.74, 6) is 0.243. The van der Waals surface area contributed by atoms with Gasteiger partial charge in [-0.2, -0.15) is 8.42 Å². The number of nitrogens with two attached hydrogens (primary N) is 1. The van der Waals surface area contributed by atoms with Gasteiger partial charge in [-0.15, -0.1) is 12.4 Å². The van der Waals surface area contributed by atoms with Crippen LogP contribution in [0.3, 0.4) is 0 Å². The fraction of sp³-hybridized carbons (Fsp3) is 0.278. The van der Waals surface area contributed by atoms with Crippen molar-refractivity contribution in [3.63, 3.8) is 0 Å². The van der Waals surface area contributed by atoms with Gasteiger partial charge >= 0.3 is 10.1 Å². The lowest BCUT2D eigenvalue weighted by Crippen LogP contribution is -2.32. The number of aryl methyl sites for hydroxylation is 1. The van der Waals surface area contributed by atoms with Crippen LogP contribution in [-0.4, -0.2) is 28.1 Å². The minimum atomic E-state index is -4.22. The largest absolute Gasteiger partial charge is 0.495 e. The Morgan fingerprint density at radius 3 is 2.57 bits per heavy atom. The van der Waals surface area contributed by atoms with Gasteiger partial charge in [-0.1, -0.05) is 18.5 Å². The fourth-order valence-electron chi connectivity index (χ4n) is 2.18. The van der Waals surface area contributed by atoms with E-state index in [2.05, 4.69) is 10.6 Å². The Morgan fingerprint density at radius 2 is 1.90 bits per heavy atom. The van der Waals surface area contributed by atoms with E-state index in [1.54, 1.807) is 13.0 Å². The summed E-state index contributed by atoms with van der Waals surface area (Å²) in [4.78, 5) is 10.0. The van der Waals surface area contributed by atoms with Crippen LogP contribution in [0, 0.1) is 6.92 Å². The van der Waals surface area contributed by atoms with Crippen molar-refractivity contribution in [3.8, 4) is 17.2 Å². The molecule has 2 aromatic carbocycles. The average molecular weight is 480 g/mol. The van der Waals surface area contributed by atoms with Crippen molar-refractivity contribution in [2.75, 3.05) is 13.7 Å². The van der Waals surface area contributed by atoms with Gasteiger partial charge < -0.3 is 19.5 Å². The van der Waals surface area contributed by atoms with E-state index in [1.807, 2.05) is 6.92 Å². The predicted octanol–water partition coefficient (Wildman–Crippen LogP) is 3.39. The molecule has 0 saturated heterocycles. The van der Waals surface area contributed by atoms with E-state index in [0.29, 0.717) is 12.2 Å². The molecule has 0 spiro atoms. The Morgan fingerprint density at radius 1 is 1.20 bits per heavy atom. The summed E-state index contributed by atoms with van der Waals surface area (Å²) in [5.41, 5.74) is 8.68. The number of hydrogen-bond donors (Lipinski definition) is 2. The summed E-state index contributed by atoms with van der Waals surface area (Å²) in [5, 5.41) is 3.88. The maximum atomic E-state index is 12.7. The first-order valence-electron chi connectivity index (χ1n) is 8.53. The summed E-state index contributed by atoms with van der Waals surface area (Å²) in [6.45, 7) is 4.12. The molecule has 12 heteroatoms. The molecule has 0 aliphatic heterocycles. The normalized spacial score (nSPS) is 11.4. The van der Waals surface area contributed by atoms with Gasteiger partial charge in [0.2, 0.25) is 0 Å². The lowest BCUT2D eigenvalue weighted by Gasteiger charge is -2.12. The van der Waals surface area contributed by atoms with E-state index in [9.17, 15) is 8.42 Å². The highest BCUT2D eigenvalue weighted by Crippen LogP contribution is 2.31. The van der Waals surface area contributed by atoms with Crippen LogP contribution in [0.25, 0.3) is 0 Å². The van der Waals surface area contributed by atoms with Gasteiger partial charge in [0.05, 0.1) is 13.7 Å². The zero-order valence-electron chi connectivity index (χ0n) is 16.5. The van der Waals surface area contributed by atoms with Crippen molar-refractivity contribution in [1.82, 2.24) is 5.48 Å². The van der Waals surface area contributed by atoms with Gasteiger partial charge in [0.15, 0.2) is 5.75 Å². The summed E-state index contributed by atoms with van der Waals surface area (Å²) < 4.78 is 35.7. The standard InChI is InChI=1S/C18H22ClN3O6S.ClH/c1-4-7-26-21-18(20)22-27-14-8-12(2)9-15(11-14)28-29(23,24)17-10-13(19)5-6-16(17)25-3;/h5-6,8-11H,4,7H2,1-3H3,(H3,20,21,22);1H. The fourth-order valence-corrected chi connectivity index (χ4v) is 3.53. The third kappa shape index (κ3) is 7.45. The molecule has 0 saturated carbocycles. The topological polar surface area (TPSA) is 121 Å². The number of ether oxygens (including phenoxy) is 1. The Bertz CT molecular complexity index is 986. The molecule has 0 heterocycles. The van der Waals surface area contributed by atoms with Gasteiger partial charge in [0, 0.05) is 11.1 Å². The predicted molar refractivity (Wildman–Crippen MR) is 116 cm³/mol. The molecular formula is C18H23Cl2N3O6S. The number of nitrogens with one attached hydrogen (secondary N) is 1. The molecule has 0 aromatic heterocycles. The minimum absolute atomic E-state index is 0. The van der Waals surface area contributed by atoms with Gasteiger partial charge in [-0.05, 0) is 54.4 Å². The first-order valence-corrected chi connectivity index (χ1v) is 10.3. The quantitative estimate of drug-likeness (QED) is 0.184. The highest BCUT2D eigenvalue weighted by molar-refractivity contribution is 7.87. The number of rotatable bonds is 9.